The highest BCUT2D eigenvalue weighted by Crippen LogP contribution is 2.41. The van der Waals surface area contributed by atoms with Crippen molar-refractivity contribution in [1.29, 1.82) is 0 Å². The highest BCUT2D eigenvalue weighted by molar-refractivity contribution is 6.02. The van der Waals surface area contributed by atoms with Crippen LogP contribution in [0.2, 0.25) is 0 Å². The third-order valence-electron chi connectivity index (χ3n) is 2.43. The Morgan fingerprint density at radius 1 is 1.26 bits per heavy atom. The molecule has 0 aliphatic rings. The number of hydrogen-bond donors (Lipinski definition) is 2. The Bertz CT molecular complexity index is 545. The van der Waals surface area contributed by atoms with E-state index in [1.54, 1.807) is 0 Å². The molecule has 1 aromatic rings. The fourth-order valence-corrected chi connectivity index (χ4v) is 1.65. The second-order valence-corrected chi connectivity index (χ2v) is 3.65. The van der Waals surface area contributed by atoms with Gasteiger partial charge in [0.1, 0.15) is 0 Å². The summed E-state index contributed by atoms with van der Waals surface area (Å²) in [6.07, 6.45) is 2.13. The van der Waals surface area contributed by atoms with Gasteiger partial charge in [0.05, 0.1) is 19.8 Å². The van der Waals surface area contributed by atoms with Gasteiger partial charge in [0.2, 0.25) is 5.75 Å². The number of carboxylic acids is 1. The molecule has 0 aromatic heterocycles. The van der Waals surface area contributed by atoms with Gasteiger partial charge in [-0.2, -0.15) is 0 Å². The first-order chi connectivity index (χ1) is 8.92. The number of carboxylic acid groups (broad SMARTS) is 1. The van der Waals surface area contributed by atoms with Gasteiger partial charge in [-0.3, -0.25) is 4.79 Å². The van der Waals surface area contributed by atoms with E-state index in [0.717, 1.165) is 6.08 Å². The summed E-state index contributed by atoms with van der Waals surface area (Å²) in [4.78, 5) is 22.2. The molecule has 0 fully saturated rings. The molecule has 0 spiro atoms. The van der Waals surface area contributed by atoms with Crippen molar-refractivity contribution in [2.45, 2.75) is 6.92 Å². The van der Waals surface area contributed by atoms with Crippen LogP contribution in [0.15, 0.2) is 12.1 Å². The van der Waals surface area contributed by atoms with E-state index in [4.69, 9.17) is 14.6 Å². The summed E-state index contributed by atoms with van der Waals surface area (Å²) in [5, 5.41) is 18.5. The van der Waals surface area contributed by atoms with Gasteiger partial charge in [-0.25, -0.2) is 4.79 Å². The second kappa shape index (κ2) is 5.90. The Balaban J connectivity index is 3.59. The lowest BCUT2D eigenvalue weighted by Crippen LogP contribution is -2.03. The second-order valence-electron chi connectivity index (χ2n) is 3.65. The average Bonchev–Trinajstić information content (AvgIpc) is 2.35. The molecule has 1 rings (SSSR count). The molecule has 1 aromatic carbocycles. The van der Waals surface area contributed by atoms with Crippen LogP contribution >= 0.6 is 0 Å². The fraction of sp³-hybridized carbons (Fsp3) is 0.231. The van der Waals surface area contributed by atoms with Crippen molar-refractivity contribution in [3.63, 3.8) is 0 Å². The Morgan fingerprint density at radius 3 is 2.32 bits per heavy atom. The number of carbonyl (C=O) groups is 2. The molecular weight excluding hydrogens is 252 g/mol. The first-order valence-corrected chi connectivity index (χ1v) is 5.32. The van der Waals surface area contributed by atoms with Crippen molar-refractivity contribution in [3.8, 4) is 17.2 Å². The summed E-state index contributed by atoms with van der Waals surface area (Å²) in [6.45, 7) is 1.29. The monoisotopic (exact) mass is 266 g/mol. The molecular formula is C13H14O6. The molecule has 0 aliphatic carbocycles. The van der Waals surface area contributed by atoms with E-state index < -0.39 is 5.97 Å². The molecule has 6 nitrogen and oxygen atoms in total. The zero-order valence-corrected chi connectivity index (χ0v) is 10.8. The fourth-order valence-electron chi connectivity index (χ4n) is 1.65. The maximum Gasteiger partial charge on any atom is 0.328 e. The lowest BCUT2D eigenvalue weighted by atomic mass is 10.0. The van der Waals surface area contributed by atoms with Crippen molar-refractivity contribution < 1.29 is 29.3 Å². The predicted octanol–water partition coefficient (Wildman–Crippen LogP) is 1.71. The van der Waals surface area contributed by atoms with Crippen LogP contribution in [0.1, 0.15) is 22.8 Å². The van der Waals surface area contributed by atoms with Gasteiger partial charge in [0, 0.05) is 6.08 Å². The smallest absolute Gasteiger partial charge is 0.328 e. The third-order valence-corrected chi connectivity index (χ3v) is 2.43. The van der Waals surface area contributed by atoms with E-state index in [0.29, 0.717) is 5.56 Å². The van der Waals surface area contributed by atoms with Crippen molar-refractivity contribution in [2.75, 3.05) is 14.2 Å². The number of ether oxygens (including phenoxy) is 2. The third kappa shape index (κ3) is 3.04. The maximum absolute atomic E-state index is 11.6. The number of rotatable bonds is 5. The Hall–Kier alpha value is -2.50. The van der Waals surface area contributed by atoms with Gasteiger partial charge < -0.3 is 19.7 Å². The lowest BCUT2D eigenvalue weighted by molar-refractivity contribution is -0.131. The Labute approximate surface area is 109 Å². The molecule has 0 heterocycles. The van der Waals surface area contributed by atoms with Crippen molar-refractivity contribution >= 4 is 17.8 Å². The Morgan fingerprint density at radius 2 is 1.89 bits per heavy atom. The van der Waals surface area contributed by atoms with E-state index in [1.165, 1.54) is 33.3 Å². The maximum atomic E-state index is 11.6. The molecule has 2 N–H and O–H groups in total. The summed E-state index contributed by atoms with van der Waals surface area (Å²) < 4.78 is 9.94. The SMILES string of the molecule is COc1cc(C=CC(=O)O)c(C(C)=O)c(OC)c1O. The quantitative estimate of drug-likeness (QED) is 0.622. The van der Waals surface area contributed by atoms with Gasteiger partial charge in [-0.05, 0) is 24.6 Å². The van der Waals surface area contributed by atoms with Gasteiger partial charge in [0.15, 0.2) is 17.3 Å². The summed E-state index contributed by atoms with van der Waals surface area (Å²) in [5.41, 5.74) is 0.389. The number of carbonyl (C=O) groups excluding carboxylic acids is 1. The zero-order chi connectivity index (χ0) is 14.6. The van der Waals surface area contributed by atoms with Crippen molar-refractivity contribution in [3.05, 3.63) is 23.3 Å². The molecule has 0 amide bonds. The first kappa shape index (κ1) is 14.6. The number of methoxy groups -OCH3 is 2. The molecule has 0 saturated carbocycles. The molecule has 0 radical (unpaired) electrons. The van der Waals surface area contributed by atoms with Crippen LogP contribution in [0.25, 0.3) is 6.08 Å². The number of Topliss-reactive ketones (excluding diaryl/α,β-unsaturated/α-hetero) is 1. The van der Waals surface area contributed by atoms with E-state index in [-0.39, 0.29) is 28.6 Å². The van der Waals surface area contributed by atoms with Gasteiger partial charge >= 0.3 is 5.97 Å². The molecule has 0 unspecified atom stereocenters. The minimum atomic E-state index is -1.15. The minimum Gasteiger partial charge on any atom is -0.502 e. The zero-order valence-electron chi connectivity index (χ0n) is 10.8. The summed E-state index contributed by atoms with van der Waals surface area (Å²) in [7, 11) is 2.64. The number of ketones is 1. The number of aliphatic carboxylic acids is 1. The number of hydrogen-bond acceptors (Lipinski definition) is 5. The van der Waals surface area contributed by atoms with E-state index >= 15 is 0 Å². The van der Waals surface area contributed by atoms with Gasteiger partial charge in [-0.1, -0.05) is 0 Å². The largest absolute Gasteiger partial charge is 0.502 e. The lowest BCUT2D eigenvalue weighted by Gasteiger charge is -2.14. The molecule has 102 valence electrons. The van der Waals surface area contributed by atoms with Crippen LogP contribution in [-0.4, -0.2) is 36.2 Å². The summed E-state index contributed by atoms with van der Waals surface area (Å²) in [5.74, 6) is -1.77. The highest BCUT2D eigenvalue weighted by atomic mass is 16.5. The number of phenols is 1. The van der Waals surface area contributed by atoms with Crippen LogP contribution in [-0.2, 0) is 4.79 Å². The first-order valence-electron chi connectivity index (χ1n) is 5.32. The topological polar surface area (TPSA) is 93.1 Å². The summed E-state index contributed by atoms with van der Waals surface area (Å²) in [6, 6.07) is 1.37. The normalized spacial score (nSPS) is 10.5. The Kier molecular flexibility index (Phi) is 4.52. The van der Waals surface area contributed by atoms with Crippen LogP contribution < -0.4 is 9.47 Å². The van der Waals surface area contributed by atoms with Crippen LogP contribution in [0.4, 0.5) is 0 Å². The summed E-state index contributed by atoms with van der Waals surface area (Å²) >= 11 is 0. The highest BCUT2D eigenvalue weighted by Gasteiger charge is 2.21. The van der Waals surface area contributed by atoms with Crippen LogP contribution in [0.3, 0.4) is 0 Å². The van der Waals surface area contributed by atoms with Crippen molar-refractivity contribution in [1.82, 2.24) is 0 Å². The number of benzene rings is 1. The molecule has 6 heteroatoms. The van der Waals surface area contributed by atoms with Gasteiger partial charge in [-0.15, -0.1) is 0 Å². The minimum absolute atomic E-state index is 0.0445. The molecule has 0 bridgehead atoms. The molecule has 0 atom stereocenters. The van der Waals surface area contributed by atoms with Crippen LogP contribution in [0, 0.1) is 0 Å². The number of aromatic hydroxyl groups is 1. The van der Waals surface area contributed by atoms with Gasteiger partial charge in [0.25, 0.3) is 0 Å². The molecule has 19 heavy (non-hydrogen) atoms. The van der Waals surface area contributed by atoms with E-state index in [2.05, 4.69) is 0 Å². The van der Waals surface area contributed by atoms with E-state index in [1.807, 2.05) is 0 Å². The average molecular weight is 266 g/mol. The van der Waals surface area contributed by atoms with Crippen molar-refractivity contribution in [2.24, 2.45) is 0 Å². The molecule has 0 saturated heterocycles. The standard InChI is InChI=1S/C13H14O6/c1-7(14)11-8(4-5-10(15)16)6-9(18-2)12(17)13(11)19-3/h4-6,17H,1-3H3,(H,15,16). The van der Waals surface area contributed by atoms with E-state index in [9.17, 15) is 14.7 Å². The molecule has 0 aliphatic heterocycles. The predicted molar refractivity (Wildman–Crippen MR) is 67.9 cm³/mol. The van der Waals surface area contributed by atoms with Crippen LogP contribution in [0.5, 0.6) is 17.2 Å². The number of phenolic OH excluding ortho intramolecular Hbond substituents is 1.